The largest absolute Gasteiger partial charge is 0.462 e. The van der Waals surface area contributed by atoms with Gasteiger partial charge in [0, 0.05) is 12.0 Å². The van der Waals surface area contributed by atoms with Gasteiger partial charge >= 0.3 is 5.97 Å². The van der Waals surface area contributed by atoms with Crippen LogP contribution in [-0.2, 0) is 19.0 Å². The van der Waals surface area contributed by atoms with Gasteiger partial charge in [0.05, 0.1) is 25.9 Å². The maximum atomic E-state index is 11.4. The van der Waals surface area contributed by atoms with E-state index in [2.05, 4.69) is 27.4 Å². The van der Waals surface area contributed by atoms with Gasteiger partial charge in [0.1, 0.15) is 6.10 Å². The van der Waals surface area contributed by atoms with Crippen molar-refractivity contribution >= 4 is 5.97 Å². The van der Waals surface area contributed by atoms with Gasteiger partial charge in [0.15, 0.2) is 0 Å². The summed E-state index contributed by atoms with van der Waals surface area (Å²) in [4.78, 5) is 11.4. The van der Waals surface area contributed by atoms with Crippen LogP contribution in [0.1, 0.15) is 47.0 Å². The molecular formula is C16H28O4. The average molecular weight is 284 g/mol. The van der Waals surface area contributed by atoms with E-state index in [1.165, 1.54) is 0 Å². The second-order valence-corrected chi connectivity index (χ2v) is 5.84. The molecular weight excluding hydrogens is 256 g/mol. The van der Waals surface area contributed by atoms with Gasteiger partial charge in [-0.3, -0.25) is 0 Å². The number of carbonyl (C=O) groups is 1. The SMILES string of the molecule is C=C(C)C(=O)OCCC(OCC1CO1)C(C)(CC)CC. The minimum absolute atomic E-state index is 0.0830. The molecule has 1 saturated heterocycles. The highest BCUT2D eigenvalue weighted by Gasteiger charge is 2.34. The molecule has 0 radical (unpaired) electrons. The fraction of sp³-hybridized carbons (Fsp3) is 0.812. The minimum atomic E-state index is -0.330. The highest BCUT2D eigenvalue weighted by Crippen LogP contribution is 2.34. The van der Waals surface area contributed by atoms with Crippen LogP contribution in [0, 0.1) is 5.41 Å². The summed E-state index contributed by atoms with van der Waals surface area (Å²) in [6, 6.07) is 0. The van der Waals surface area contributed by atoms with Crippen LogP contribution in [-0.4, -0.2) is 38.0 Å². The van der Waals surface area contributed by atoms with Gasteiger partial charge < -0.3 is 14.2 Å². The zero-order chi connectivity index (χ0) is 15.2. The van der Waals surface area contributed by atoms with Crippen LogP contribution in [0.3, 0.4) is 0 Å². The first-order chi connectivity index (χ1) is 9.42. The molecule has 20 heavy (non-hydrogen) atoms. The van der Waals surface area contributed by atoms with E-state index in [9.17, 15) is 4.79 Å². The van der Waals surface area contributed by atoms with Gasteiger partial charge in [0.2, 0.25) is 0 Å². The Morgan fingerprint density at radius 1 is 1.45 bits per heavy atom. The van der Waals surface area contributed by atoms with Crippen LogP contribution in [0.15, 0.2) is 12.2 Å². The number of hydrogen-bond donors (Lipinski definition) is 0. The summed E-state index contributed by atoms with van der Waals surface area (Å²) in [7, 11) is 0. The summed E-state index contributed by atoms with van der Waals surface area (Å²) in [5.41, 5.74) is 0.535. The van der Waals surface area contributed by atoms with Crippen molar-refractivity contribution in [2.45, 2.75) is 59.2 Å². The number of rotatable bonds is 10. The molecule has 0 spiro atoms. The molecule has 1 heterocycles. The van der Waals surface area contributed by atoms with E-state index in [0.717, 1.165) is 19.4 Å². The van der Waals surface area contributed by atoms with Crippen LogP contribution in [0.2, 0.25) is 0 Å². The van der Waals surface area contributed by atoms with Crippen molar-refractivity contribution < 1.29 is 19.0 Å². The van der Waals surface area contributed by atoms with Crippen molar-refractivity contribution in [1.82, 2.24) is 0 Å². The Kier molecular flexibility index (Phi) is 6.69. The molecule has 1 aliphatic heterocycles. The van der Waals surface area contributed by atoms with E-state index in [1.54, 1.807) is 6.92 Å². The number of esters is 1. The normalized spacial score (nSPS) is 19.5. The van der Waals surface area contributed by atoms with E-state index in [-0.39, 0.29) is 23.6 Å². The minimum Gasteiger partial charge on any atom is -0.462 e. The van der Waals surface area contributed by atoms with E-state index in [0.29, 0.717) is 25.2 Å². The molecule has 4 nitrogen and oxygen atoms in total. The zero-order valence-corrected chi connectivity index (χ0v) is 13.2. The zero-order valence-electron chi connectivity index (χ0n) is 13.2. The molecule has 1 rings (SSSR count). The molecule has 0 bridgehead atoms. The Balaban J connectivity index is 2.47. The van der Waals surface area contributed by atoms with Crippen molar-refractivity contribution in [1.29, 1.82) is 0 Å². The van der Waals surface area contributed by atoms with Gasteiger partial charge in [-0.25, -0.2) is 4.79 Å². The Bertz CT molecular complexity index is 329. The molecule has 0 aromatic rings. The lowest BCUT2D eigenvalue weighted by Gasteiger charge is -2.36. The molecule has 0 aromatic heterocycles. The Hall–Kier alpha value is -0.870. The smallest absolute Gasteiger partial charge is 0.333 e. The van der Waals surface area contributed by atoms with Crippen molar-refractivity contribution in [2.24, 2.45) is 5.41 Å². The summed E-state index contributed by atoms with van der Waals surface area (Å²) in [5, 5.41) is 0. The number of epoxide rings is 1. The molecule has 0 aromatic carbocycles. The summed E-state index contributed by atoms with van der Waals surface area (Å²) in [5.74, 6) is -0.330. The molecule has 4 heteroatoms. The fourth-order valence-electron chi connectivity index (χ4n) is 2.11. The topological polar surface area (TPSA) is 48.1 Å². The van der Waals surface area contributed by atoms with Crippen LogP contribution in [0.4, 0.5) is 0 Å². The van der Waals surface area contributed by atoms with E-state index in [1.807, 2.05) is 0 Å². The standard InChI is InChI=1S/C16H28O4/c1-6-16(5,7-2)14(20-11-13-10-19-13)8-9-18-15(17)12(3)4/h13-14H,3,6-11H2,1-2,4-5H3. The number of hydrogen-bond acceptors (Lipinski definition) is 4. The molecule has 0 N–H and O–H groups in total. The Morgan fingerprint density at radius 2 is 2.05 bits per heavy atom. The molecule has 2 unspecified atom stereocenters. The first-order valence-electron chi connectivity index (χ1n) is 7.48. The van der Waals surface area contributed by atoms with Crippen LogP contribution in [0.5, 0.6) is 0 Å². The third kappa shape index (κ3) is 5.25. The third-order valence-corrected chi connectivity index (χ3v) is 4.24. The fourth-order valence-corrected chi connectivity index (χ4v) is 2.11. The van der Waals surface area contributed by atoms with E-state index >= 15 is 0 Å². The lowest BCUT2D eigenvalue weighted by Crippen LogP contribution is -2.36. The highest BCUT2D eigenvalue weighted by molar-refractivity contribution is 5.86. The van der Waals surface area contributed by atoms with Crippen molar-refractivity contribution in [3.8, 4) is 0 Å². The predicted octanol–water partition coefficient (Wildman–Crippen LogP) is 3.11. The number of ether oxygens (including phenoxy) is 3. The first kappa shape index (κ1) is 17.2. The molecule has 1 fully saturated rings. The van der Waals surface area contributed by atoms with E-state index in [4.69, 9.17) is 14.2 Å². The quantitative estimate of drug-likeness (QED) is 0.351. The lowest BCUT2D eigenvalue weighted by molar-refractivity contribution is -0.141. The van der Waals surface area contributed by atoms with Crippen LogP contribution in [0.25, 0.3) is 0 Å². The highest BCUT2D eigenvalue weighted by atomic mass is 16.6. The second kappa shape index (κ2) is 7.79. The van der Waals surface area contributed by atoms with Crippen LogP contribution >= 0.6 is 0 Å². The molecule has 116 valence electrons. The van der Waals surface area contributed by atoms with Crippen LogP contribution < -0.4 is 0 Å². The van der Waals surface area contributed by atoms with Gasteiger partial charge in [-0.2, -0.15) is 0 Å². The molecule has 1 aliphatic rings. The van der Waals surface area contributed by atoms with E-state index < -0.39 is 0 Å². The summed E-state index contributed by atoms with van der Waals surface area (Å²) in [6.07, 6.45) is 3.12. The third-order valence-electron chi connectivity index (χ3n) is 4.24. The summed E-state index contributed by atoms with van der Waals surface area (Å²) in [6.45, 7) is 13.6. The van der Waals surface area contributed by atoms with Gasteiger partial charge in [0.25, 0.3) is 0 Å². The number of carbonyl (C=O) groups excluding carboxylic acids is 1. The van der Waals surface area contributed by atoms with Crippen molar-refractivity contribution in [3.63, 3.8) is 0 Å². The lowest BCUT2D eigenvalue weighted by atomic mass is 9.78. The molecule has 2 atom stereocenters. The maximum Gasteiger partial charge on any atom is 0.333 e. The van der Waals surface area contributed by atoms with Gasteiger partial charge in [-0.1, -0.05) is 27.4 Å². The Morgan fingerprint density at radius 3 is 2.50 bits per heavy atom. The second-order valence-electron chi connectivity index (χ2n) is 5.84. The monoisotopic (exact) mass is 284 g/mol. The first-order valence-corrected chi connectivity index (χ1v) is 7.48. The van der Waals surface area contributed by atoms with Gasteiger partial charge in [-0.15, -0.1) is 0 Å². The molecule has 0 saturated carbocycles. The van der Waals surface area contributed by atoms with Crippen molar-refractivity contribution in [2.75, 3.05) is 19.8 Å². The predicted molar refractivity (Wildman–Crippen MR) is 78.6 cm³/mol. The Labute approximate surface area is 122 Å². The van der Waals surface area contributed by atoms with Gasteiger partial charge in [-0.05, 0) is 25.2 Å². The average Bonchev–Trinajstić information content (AvgIpc) is 3.25. The molecule has 0 amide bonds. The molecule has 0 aliphatic carbocycles. The van der Waals surface area contributed by atoms with Crippen molar-refractivity contribution in [3.05, 3.63) is 12.2 Å². The summed E-state index contributed by atoms with van der Waals surface area (Å²) < 4.78 is 16.4. The maximum absolute atomic E-state index is 11.4. The summed E-state index contributed by atoms with van der Waals surface area (Å²) >= 11 is 0.